The molecule has 0 radical (unpaired) electrons. The molecule has 1 aliphatic rings. The fourth-order valence-corrected chi connectivity index (χ4v) is 2.55. The highest BCUT2D eigenvalue weighted by Gasteiger charge is 2.14. The highest BCUT2D eigenvalue weighted by molar-refractivity contribution is 6.33. The summed E-state index contributed by atoms with van der Waals surface area (Å²) < 4.78 is 0. The van der Waals surface area contributed by atoms with Crippen LogP contribution >= 0.6 is 11.6 Å². The summed E-state index contributed by atoms with van der Waals surface area (Å²) in [7, 11) is 0. The van der Waals surface area contributed by atoms with E-state index in [0.717, 1.165) is 18.8 Å². The van der Waals surface area contributed by atoms with Crippen molar-refractivity contribution in [3.05, 3.63) is 23.2 Å². The molecule has 1 amide bonds. The zero-order valence-corrected chi connectivity index (χ0v) is 11.4. The molecule has 1 N–H and O–H groups in total. The predicted molar refractivity (Wildman–Crippen MR) is 76.4 cm³/mol. The molecule has 0 spiro atoms. The van der Waals surface area contributed by atoms with Crippen LogP contribution in [0.4, 0.5) is 11.4 Å². The Morgan fingerprint density at radius 3 is 2.74 bits per heavy atom. The summed E-state index contributed by atoms with van der Waals surface area (Å²) in [6.45, 7) is 2.06. The van der Waals surface area contributed by atoms with Gasteiger partial charge in [-0.05, 0) is 37.5 Å². The van der Waals surface area contributed by atoms with Gasteiger partial charge in [0.05, 0.1) is 16.8 Å². The number of nitrogens with one attached hydrogen (secondary N) is 1. The molecule has 2 rings (SSSR count). The zero-order valence-electron chi connectivity index (χ0n) is 10.7. The Hall–Kier alpha value is -1.73. The number of benzene rings is 1. The number of carbonyl (C=O) groups is 1. The fourth-order valence-electron chi connectivity index (χ4n) is 2.25. The van der Waals surface area contributed by atoms with E-state index >= 15 is 0 Å². The maximum absolute atomic E-state index is 11.3. The number of nitriles is 1. The van der Waals surface area contributed by atoms with Gasteiger partial charge in [0, 0.05) is 18.8 Å². The lowest BCUT2D eigenvalue weighted by Gasteiger charge is -2.29. The van der Waals surface area contributed by atoms with Gasteiger partial charge in [0.15, 0.2) is 0 Å². The van der Waals surface area contributed by atoms with E-state index in [1.54, 1.807) is 6.07 Å². The van der Waals surface area contributed by atoms with Gasteiger partial charge < -0.3 is 10.2 Å². The Kier molecular flexibility index (Phi) is 4.64. The number of nitrogens with zero attached hydrogens (tertiary/aromatic N) is 2. The second-order valence-corrected chi connectivity index (χ2v) is 5.00. The van der Waals surface area contributed by atoms with Crippen LogP contribution in [-0.2, 0) is 4.79 Å². The van der Waals surface area contributed by atoms with Crippen LogP contribution in [0.1, 0.15) is 25.7 Å². The second kappa shape index (κ2) is 6.44. The first-order chi connectivity index (χ1) is 9.20. The number of amides is 1. The molecule has 0 aliphatic carbocycles. The first-order valence-electron chi connectivity index (χ1n) is 6.42. The highest BCUT2D eigenvalue weighted by atomic mass is 35.5. The Balaban J connectivity index is 2.08. The first-order valence-corrected chi connectivity index (χ1v) is 6.80. The molecule has 1 heterocycles. The molecule has 0 saturated carbocycles. The first kappa shape index (κ1) is 13.7. The topological polar surface area (TPSA) is 56.1 Å². The van der Waals surface area contributed by atoms with Gasteiger partial charge in [-0.15, -0.1) is 0 Å². The smallest absolute Gasteiger partial charge is 0.238 e. The van der Waals surface area contributed by atoms with Crippen LogP contribution in [0.3, 0.4) is 0 Å². The number of anilines is 2. The summed E-state index contributed by atoms with van der Waals surface area (Å²) in [5.41, 5.74) is 1.64. The van der Waals surface area contributed by atoms with Crippen LogP contribution in [0.2, 0.25) is 5.02 Å². The van der Waals surface area contributed by atoms with Crippen molar-refractivity contribution in [3.8, 4) is 6.07 Å². The van der Waals surface area contributed by atoms with Crippen molar-refractivity contribution in [2.24, 2.45) is 0 Å². The summed E-state index contributed by atoms with van der Waals surface area (Å²) in [5.74, 6) is -0.315. The monoisotopic (exact) mass is 277 g/mol. The van der Waals surface area contributed by atoms with Crippen LogP contribution in [0.25, 0.3) is 0 Å². The van der Waals surface area contributed by atoms with Gasteiger partial charge in [-0.25, -0.2) is 0 Å². The van der Waals surface area contributed by atoms with Crippen LogP contribution in [0.15, 0.2) is 18.2 Å². The molecule has 1 saturated heterocycles. The fraction of sp³-hybridized carbons (Fsp3) is 0.429. The van der Waals surface area contributed by atoms with E-state index in [1.165, 1.54) is 19.3 Å². The summed E-state index contributed by atoms with van der Waals surface area (Å²) in [4.78, 5) is 13.6. The number of hydrogen-bond donors (Lipinski definition) is 1. The van der Waals surface area contributed by atoms with E-state index in [4.69, 9.17) is 16.9 Å². The van der Waals surface area contributed by atoms with Gasteiger partial charge in [0.1, 0.15) is 6.42 Å². The lowest BCUT2D eigenvalue weighted by atomic mass is 10.1. The normalized spacial score (nSPS) is 14.8. The maximum atomic E-state index is 11.3. The standard InChI is InChI=1S/C14H16ClN3O/c15-12-10-11(17-14(19)6-7-16)4-5-13(12)18-8-2-1-3-9-18/h4-5,10H,1-3,6,8-9H2,(H,17,19). The second-order valence-electron chi connectivity index (χ2n) is 4.60. The third-order valence-corrected chi connectivity index (χ3v) is 3.47. The minimum Gasteiger partial charge on any atom is -0.370 e. The summed E-state index contributed by atoms with van der Waals surface area (Å²) in [6.07, 6.45) is 3.51. The molecule has 0 aromatic heterocycles. The molecule has 100 valence electrons. The molecule has 4 nitrogen and oxygen atoms in total. The van der Waals surface area contributed by atoms with Crippen molar-refractivity contribution in [2.45, 2.75) is 25.7 Å². The van der Waals surface area contributed by atoms with E-state index in [1.807, 2.05) is 18.2 Å². The Morgan fingerprint density at radius 2 is 2.11 bits per heavy atom. The summed E-state index contributed by atoms with van der Waals surface area (Å²) in [5, 5.41) is 11.7. The Labute approximate surface area is 118 Å². The molecule has 0 atom stereocenters. The van der Waals surface area contributed by atoms with E-state index < -0.39 is 0 Å². The average molecular weight is 278 g/mol. The van der Waals surface area contributed by atoms with Crippen molar-refractivity contribution in [1.82, 2.24) is 0 Å². The van der Waals surface area contributed by atoms with Crippen LogP contribution < -0.4 is 10.2 Å². The largest absolute Gasteiger partial charge is 0.370 e. The summed E-state index contributed by atoms with van der Waals surface area (Å²) in [6, 6.07) is 7.30. The van der Waals surface area contributed by atoms with Gasteiger partial charge in [0.25, 0.3) is 0 Å². The van der Waals surface area contributed by atoms with Crippen LogP contribution in [0, 0.1) is 11.3 Å². The van der Waals surface area contributed by atoms with Gasteiger partial charge >= 0.3 is 0 Å². The Morgan fingerprint density at radius 1 is 1.37 bits per heavy atom. The van der Waals surface area contributed by atoms with Gasteiger partial charge in [-0.2, -0.15) is 5.26 Å². The molecular weight excluding hydrogens is 262 g/mol. The van der Waals surface area contributed by atoms with Gasteiger partial charge in [-0.1, -0.05) is 11.6 Å². The third kappa shape index (κ3) is 3.62. The molecule has 1 fully saturated rings. The molecule has 0 unspecified atom stereocenters. The van der Waals surface area contributed by atoms with Crippen molar-refractivity contribution < 1.29 is 4.79 Å². The average Bonchev–Trinajstić information content (AvgIpc) is 2.40. The minimum absolute atomic E-state index is 0.147. The van der Waals surface area contributed by atoms with E-state index in [2.05, 4.69) is 10.2 Å². The predicted octanol–water partition coefficient (Wildman–Crippen LogP) is 3.18. The SMILES string of the molecule is N#CCC(=O)Nc1ccc(N2CCCCC2)c(Cl)c1. The van der Waals surface area contributed by atoms with E-state index in [0.29, 0.717) is 10.7 Å². The summed E-state index contributed by atoms with van der Waals surface area (Å²) >= 11 is 6.27. The number of piperidine rings is 1. The lowest BCUT2D eigenvalue weighted by molar-refractivity contribution is -0.115. The number of halogens is 1. The van der Waals surface area contributed by atoms with E-state index in [9.17, 15) is 4.79 Å². The molecular formula is C14H16ClN3O. The number of carbonyl (C=O) groups excluding carboxylic acids is 1. The zero-order chi connectivity index (χ0) is 13.7. The molecule has 19 heavy (non-hydrogen) atoms. The van der Waals surface area contributed by atoms with Crippen LogP contribution in [-0.4, -0.2) is 19.0 Å². The van der Waals surface area contributed by atoms with Crippen LogP contribution in [0.5, 0.6) is 0 Å². The number of rotatable bonds is 3. The van der Waals surface area contributed by atoms with Crippen molar-refractivity contribution in [2.75, 3.05) is 23.3 Å². The Bertz CT molecular complexity index is 504. The molecule has 1 aliphatic heterocycles. The van der Waals surface area contributed by atoms with Crippen molar-refractivity contribution in [3.63, 3.8) is 0 Å². The highest BCUT2D eigenvalue weighted by Crippen LogP contribution is 2.30. The van der Waals surface area contributed by atoms with Gasteiger partial charge in [0.2, 0.25) is 5.91 Å². The lowest BCUT2D eigenvalue weighted by Crippen LogP contribution is -2.29. The van der Waals surface area contributed by atoms with E-state index in [-0.39, 0.29) is 12.3 Å². The molecule has 1 aromatic rings. The quantitative estimate of drug-likeness (QED) is 0.923. The molecule has 1 aromatic carbocycles. The van der Waals surface area contributed by atoms with Gasteiger partial charge in [-0.3, -0.25) is 4.79 Å². The number of hydrogen-bond acceptors (Lipinski definition) is 3. The third-order valence-electron chi connectivity index (χ3n) is 3.17. The van der Waals surface area contributed by atoms with Crippen molar-refractivity contribution in [1.29, 1.82) is 5.26 Å². The minimum atomic E-state index is -0.315. The van der Waals surface area contributed by atoms with Crippen molar-refractivity contribution >= 4 is 28.9 Å². The maximum Gasteiger partial charge on any atom is 0.238 e. The molecule has 0 bridgehead atoms. The molecule has 5 heteroatoms.